The van der Waals surface area contributed by atoms with Gasteiger partial charge in [0.15, 0.2) is 0 Å². The molecule has 0 aliphatic heterocycles. The molecule has 0 aromatic heterocycles. The second-order valence-electron chi connectivity index (χ2n) is 5.64. The van der Waals surface area contributed by atoms with E-state index in [1.165, 1.54) is 23.8 Å². The Morgan fingerprint density at radius 1 is 0.870 bits per heavy atom. The van der Waals surface area contributed by atoms with Crippen molar-refractivity contribution < 1.29 is 13.6 Å². The van der Waals surface area contributed by atoms with E-state index in [-0.39, 0.29) is 0 Å². The minimum absolute atomic E-state index is 0.323. The van der Waals surface area contributed by atoms with Crippen LogP contribution >= 0.6 is 7.60 Å². The first-order valence-corrected chi connectivity index (χ1v) is 10.2. The highest BCUT2D eigenvalue weighted by atomic mass is 31.2. The summed E-state index contributed by atoms with van der Waals surface area (Å²) in [7, 11) is -3.08. The Balaban J connectivity index is 2.39. The van der Waals surface area contributed by atoms with Gasteiger partial charge in [0, 0.05) is 0 Å². The van der Waals surface area contributed by atoms with Crippen LogP contribution in [0.25, 0.3) is 10.8 Å². The summed E-state index contributed by atoms with van der Waals surface area (Å²) in [6, 6.07) is 12.6. The number of unbranched alkanes of at least 4 members (excludes halogenated alkanes) is 1. The fourth-order valence-corrected chi connectivity index (χ4v) is 4.63. The van der Waals surface area contributed by atoms with Gasteiger partial charge in [0.05, 0.1) is 19.4 Å². The van der Waals surface area contributed by atoms with Gasteiger partial charge < -0.3 is 9.05 Å². The Kier molecular flexibility index (Phi) is 6.83. The van der Waals surface area contributed by atoms with Crippen molar-refractivity contribution in [2.75, 3.05) is 13.2 Å². The number of hydrogen-bond donors (Lipinski definition) is 0. The van der Waals surface area contributed by atoms with Gasteiger partial charge in [-0.05, 0) is 48.6 Å². The van der Waals surface area contributed by atoms with Gasteiger partial charge in [0.1, 0.15) is 0 Å². The third-order valence-electron chi connectivity index (χ3n) is 3.92. The molecule has 0 saturated heterocycles. The van der Waals surface area contributed by atoms with E-state index in [2.05, 4.69) is 31.2 Å². The normalized spacial score (nSPS) is 12.0. The van der Waals surface area contributed by atoms with Gasteiger partial charge in [-0.1, -0.05) is 49.7 Å². The topological polar surface area (TPSA) is 35.5 Å². The highest BCUT2D eigenvalue weighted by molar-refractivity contribution is 7.53. The maximum atomic E-state index is 12.8. The highest BCUT2D eigenvalue weighted by Crippen LogP contribution is 2.52. The van der Waals surface area contributed by atoms with Crippen LogP contribution in [-0.4, -0.2) is 13.2 Å². The number of rotatable bonds is 9. The van der Waals surface area contributed by atoms with E-state index in [4.69, 9.17) is 9.05 Å². The van der Waals surface area contributed by atoms with Crippen molar-refractivity contribution in [3.05, 3.63) is 47.5 Å². The lowest BCUT2D eigenvalue weighted by Crippen LogP contribution is -2.00. The van der Waals surface area contributed by atoms with Crippen LogP contribution in [0.3, 0.4) is 0 Å². The smallest absolute Gasteiger partial charge is 0.309 e. The van der Waals surface area contributed by atoms with E-state index in [0.29, 0.717) is 19.4 Å². The van der Waals surface area contributed by atoms with E-state index in [1.807, 2.05) is 26.0 Å². The first-order chi connectivity index (χ1) is 11.1. The van der Waals surface area contributed by atoms with E-state index in [1.54, 1.807) is 0 Å². The zero-order valence-electron chi connectivity index (χ0n) is 14.4. The Hall–Kier alpha value is -1.15. The molecule has 0 unspecified atom stereocenters. The number of benzene rings is 2. The molecule has 0 spiro atoms. The van der Waals surface area contributed by atoms with Crippen LogP contribution in [-0.2, 0) is 26.2 Å². The van der Waals surface area contributed by atoms with Crippen molar-refractivity contribution in [3.8, 4) is 0 Å². The Morgan fingerprint density at radius 3 is 2.00 bits per heavy atom. The standard InChI is InChI=1S/C19H27O3P/c1-4-7-10-16-11-8-14-19-17(12-9-13-18(16)19)15-23(20,21-5-2)22-6-3/h8-9,11-14H,4-7,10,15H2,1-3H3. The lowest BCUT2D eigenvalue weighted by Gasteiger charge is -2.18. The third-order valence-corrected chi connectivity index (χ3v) is 5.95. The summed E-state index contributed by atoms with van der Waals surface area (Å²) < 4.78 is 23.7. The fraction of sp³-hybridized carbons (Fsp3) is 0.474. The fourth-order valence-electron chi connectivity index (χ4n) is 2.89. The van der Waals surface area contributed by atoms with Crippen molar-refractivity contribution in [2.24, 2.45) is 0 Å². The van der Waals surface area contributed by atoms with E-state index in [9.17, 15) is 4.57 Å². The molecule has 0 heterocycles. The van der Waals surface area contributed by atoms with E-state index in [0.717, 1.165) is 17.4 Å². The summed E-state index contributed by atoms with van der Waals surface area (Å²) in [5.74, 6) is 0. The zero-order valence-corrected chi connectivity index (χ0v) is 15.3. The van der Waals surface area contributed by atoms with Crippen molar-refractivity contribution in [1.29, 1.82) is 0 Å². The maximum Gasteiger partial charge on any atom is 0.335 e. The molecule has 23 heavy (non-hydrogen) atoms. The summed E-state index contributed by atoms with van der Waals surface area (Å²) in [4.78, 5) is 0. The number of aryl methyl sites for hydroxylation is 1. The highest BCUT2D eigenvalue weighted by Gasteiger charge is 2.25. The molecule has 2 rings (SSSR count). The van der Waals surface area contributed by atoms with Crippen LogP contribution in [0.15, 0.2) is 36.4 Å². The zero-order chi connectivity index (χ0) is 16.7. The predicted molar refractivity (Wildman–Crippen MR) is 97.1 cm³/mol. The second-order valence-corrected chi connectivity index (χ2v) is 7.69. The largest absolute Gasteiger partial charge is 0.335 e. The van der Waals surface area contributed by atoms with Crippen LogP contribution in [0.2, 0.25) is 0 Å². The van der Waals surface area contributed by atoms with Gasteiger partial charge in [-0.3, -0.25) is 4.57 Å². The van der Waals surface area contributed by atoms with E-state index < -0.39 is 7.60 Å². The Bertz CT molecular complexity index is 671. The minimum Gasteiger partial charge on any atom is -0.309 e. The average molecular weight is 334 g/mol. The van der Waals surface area contributed by atoms with Gasteiger partial charge >= 0.3 is 7.60 Å². The molecule has 0 fully saturated rings. The molecule has 0 bridgehead atoms. The summed E-state index contributed by atoms with van der Waals surface area (Å²) in [5, 5.41) is 2.40. The molecule has 3 nitrogen and oxygen atoms in total. The lowest BCUT2D eigenvalue weighted by atomic mass is 9.98. The van der Waals surface area contributed by atoms with Crippen LogP contribution in [0, 0.1) is 0 Å². The summed E-state index contributed by atoms with van der Waals surface area (Å²) in [5.41, 5.74) is 2.39. The molecule has 2 aromatic rings. The maximum absolute atomic E-state index is 12.8. The molecule has 0 aliphatic carbocycles. The average Bonchev–Trinajstić information content (AvgIpc) is 2.53. The SMILES string of the molecule is CCCCc1cccc2c(CP(=O)(OCC)OCC)cccc12. The van der Waals surface area contributed by atoms with Gasteiger partial charge in [0.25, 0.3) is 0 Å². The molecule has 0 saturated carbocycles. The van der Waals surface area contributed by atoms with Crippen molar-refractivity contribution >= 4 is 18.4 Å². The van der Waals surface area contributed by atoms with Gasteiger partial charge in [-0.25, -0.2) is 0 Å². The first-order valence-electron chi connectivity index (χ1n) is 8.51. The van der Waals surface area contributed by atoms with Crippen molar-refractivity contribution in [2.45, 2.75) is 46.2 Å². The van der Waals surface area contributed by atoms with Crippen LogP contribution in [0.1, 0.15) is 44.7 Å². The Labute approximate surface area is 139 Å². The predicted octanol–water partition coefficient (Wildman–Crippen LogP) is 5.95. The molecule has 0 aliphatic rings. The third kappa shape index (κ3) is 4.67. The molecule has 2 aromatic carbocycles. The molecular weight excluding hydrogens is 307 g/mol. The summed E-state index contributed by atoms with van der Waals surface area (Å²) in [6.45, 7) is 6.68. The molecule has 4 heteroatoms. The quantitative estimate of drug-likeness (QED) is 0.532. The molecular formula is C19H27O3P. The first kappa shape index (κ1) is 18.2. The monoisotopic (exact) mass is 334 g/mol. The molecule has 126 valence electrons. The van der Waals surface area contributed by atoms with Crippen molar-refractivity contribution in [1.82, 2.24) is 0 Å². The molecule has 0 N–H and O–H groups in total. The molecule has 0 amide bonds. The van der Waals surface area contributed by atoms with Gasteiger partial charge in [-0.15, -0.1) is 0 Å². The summed E-state index contributed by atoms with van der Waals surface area (Å²) in [6.07, 6.45) is 3.76. The van der Waals surface area contributed by atoms with Gasteiger partial charge in [0.2, 0.25) is 0 Å². The number of hydrogen-bond acceptors (Lipinski definition) is 3. The van der Waals surface area contributed by atoms with Gasteiger partial charge in [-0.2, -0.15) is 0 Å². The number of fused-ring (bicyclic) bond motifs is 1. The van der Waals surface area contributed by atoms with Crippen molar-refractivity contribution in [3.63, 3.8) is 0 Å². The van der Waals surface area contributed by atoms with Crippen LogP contribution in [0.5, 0.6) is 0 Å². The second kappa shape index (κ2) is 8.63. The van der Waals surface area contributed by atoms with Crippen LogP contribution in [0.4, 0.5) is 0 Å². The lowest BCUT2D eigenvalue weighted by molar-refractivity contribution is 0.219. The molecule has 0 atom stereocenters. The minimum atomic E-state index is -3.08. The summed E-state index contributed by atoms with van der Waals surface area (Å²) >= 11 is 0. The molecule has 0 radical (unpaired) electrons. The Morgan fingerprint density at radius 2 is 1.43 bits per heavy atom. The van der Waals surface area contributed by atoms with Crippen LogP contribution < -0.4 is 0 Å². The van der Waals surface area contributed by atoms with E-state index >= 15 is 0 Å².